The number of esters is 4. The molecular weight excluding hydrogens is 628 g/mol. The Morgan fingerprint density at radius 3 is 1.78 bits per heavy atom. The SMILES string of the molecule is C.C.C.C.C.C.CC1C(=O)OC(=O)C1C1C2CC(C(O)CC(=O)OC(C)(C)C)C(C2)C1C1C(C)C2CC1C(C(=O)O)C2C(=O)OC(C)(C)C. The highest BCUT2D eigenvalue weighted by atomic mass is 16.6. The van der Waals surface area contributed by atoms with E-state index in [1.54, 1.807) is 48.5 Å². The number of rotatable bonds is 7. The normalized spacial score (nSPS) is 37.4. The second-order valence-electron chi connectivity index (χ2n) is 16.0. The van der Waals surface area contributed by atoms with Crippen molar-refractivity contribution >= 4 is 29.8 Å². The van der Waals surface area contributed by atoms with Gasteiger partial charge in [-0.2, -0.15) is 0 Å². The molecule has 1 saturated heterocycles. The van der Waals surface area contributed by atoms with E-state index in [0.29, 0.717) is 12.8 Å². The highest BCUT2D eigenvalue weighted by Gasteiger charge is 2.69. The number of fused-ring (bicyclic) bond motifs is 4. The molecule has 1 aliphatic heterocycles. The van der Waals surface area contributed by atoms with E-state index < -0.39 is 70.8 Å². The van der Waals surface area contributed by atoms with Crippen molar-refractivity contribution in [3.8, 4) is 0 Å². The van der Waals surface area contributed by atoms with Gasteiger partial charge in [0, 0.05) is 0 Å². The standard InChI is InChI=1S/C33H48O10.6CH4/c1-13-16-11-19(26(28(36)37)27(16)31(40)43-33(6,7)8)22(13)25-18-10-15(24(25)23-14(2)29(38)41-30(23)39)9-17(18)20(34)12-21(35)42-32(3,4)5;;;;;;/h13-20,22-27,34H,9-12H2,1-8H3,(H,36,37);6*1H4. The molecule has 0 aromatic heterocycles. The third kappa shape index (κ3) is 8.70. The minimum Gasteiger partial charge on any atom is -0.481 e. The van der Waals surface area contributed by atoms with E-state index in [9.17, 15) is 34.2 Å². The number of cyclic esters (lactones) is 2. The summed E-state index contributed by atoms with van der Waals surface area (Å²) in [6, 6.07) is 0. The molecule has 2 N–H and O–H groups in total. The van der Waals surface area contributed by atoms with Crippen LogP contribution in [0.15, 0.2) is 0 Å². The average Bonchev–Trinajstić information content (AvgIpc) is 3.62. The molecule has 0 aromatic carbocycles. The average molecular weight is 701 g/mol. The number of aliphatic hydroxyl groups is 1. The van der Waals surface area contributed by atoms with Crippen molar-refractivity contribution < 1.29 is 48.4 Å². The molecule has 5 aliphatic rings. The third-order valence-corrected chi connectivity index (χ3v) is 11.3. The molecule has 4 bridgehead atoms. The summed E-state index contributed by atoms with van der Waals surface area (Å²) in [5, 5.41) is 21.8. The van der Waals surface area contributed by atoms with Crippen LogP contribution in [0.5, 0.6) is 0 Å². The summed E-state index contributed by atoms with van der Waals surface area (Å²) in [4.78, 5) is 64.4. The Labute approximate surface area is 297 Å². The lowest BCUT2D eigenvalue weighted by atomic mass is 9.55. The Balaban J connectivity index is 0. The van der Waals surface area contributed by atoms with Crippen LogP contribution < -0.4 is 0 Å². The Morgan fingerprint density at radius 2 is 1.31 bits per heavy atom. The fourth-order valence-corrected chi connectivity index (χ4v) is 10.2. The molecule has 10 heteroatoms. The van der Waals surface area contributed by atoms with E-state index in [1.165, 1.54) is 0 Å². The zero-order valence-corrected chi connectivity index (χ0v) is 26.6. The quantitative estimate of drug-likeness (QED) is 0.154. The minimum atomic E-state index is -1.02. The molecule has 288 valence electrons. The second-order valence-corrected chi connectivity index (χ2v) is 16.0. The monoisotopic (exact) mass is 701 g/mol. The van der Waals surface area contributed by atoms with Crippen LogP contribution in [0.3, 0.4) is 0 Å². The van der Waals surface area contributed by atoms with Crippen LogP contribution >= 0.6 is 0 Å². The lowest BCUT2D eigenvalue weighted by molar-refractivity contribution is -0.173. The molecule has 14 unspecified atom stereocenters. The van der Waals surface area contributed by atoms with E-state index in [0.717, 1.165) is 6.42 Å². The largest absolute Gasteiger partial charge is 0.481 e. The van der Waals surface area contributed by atoms with E-state index >= 15 is 0 Å². The van der Waals surface area contributed by atoms with Crippen LogP contribution in [0.25, 0.3) is 0 Å². The van der Waals surface area contributed by atoms with Gasteiger partial charge in [0.1, 0.15) is 11.2 Å². The van der Waals surface area contributed by atoms with Crippen molar-refractivity contribution in [3.05, 3.63) is 0 Å². The number of ether oxygens (including phenoxy) is 3. The van der Waals surface area contributed by atoms with Gasteiger partial charge in [0.25, 0.3) is 0 Å². The summed E-state index contributed by atoms with van der Waals surface area (Å²) < 4.78 is 16.3. The van der Waals surface area contributed by atoms with Crippen LogP contribution in [0.2, 0.25) is 0 Å². The van der Waals surface area contributed by atoms with Gasteiger partial charge in [0.05, 0.1) is 36.2 Å². The van der Waals surface area contributed by atoms with Gasteiger partial charge in [-0.25, -0.2) is 0 Å². The van der Waals surface area contributed by atoms with E-state index in [1.807, 2.05) is 0 Å². The number of hydrogen-bond donors (Lipinski definition) is 2. The Hall–Kier alpha value is -2.49. The molecule has 4 saturated carbocycles. The summed E-state index contributed by atoms with van der Waals surface area (Å²) in [6.07, 6.45) is 0.819. The van der Waals surface area contributed by atoms with Crippen LogP contribution in [0.4, 0.5) is 0 Å². The number of carbonyl (C=O) groups excluding carboxylic acids is 4. The predicted octanol–water partition coefficient (Wildman–Crippen LogP) is 7.68. The van der Waals surface area contributed by atoms with Crippen LogP contribution in [-0.4, -0.2) is 57.4 Å². The lowest BCUT2D eigenvalue weighted by Crippen LogP contribution is -2.50. The molecule has 5 rings (SSSR count). The molecule has 49 heavy (non-hydrogen) atoms. The summed E-state index contributed by atoms with van der Waals surface area (Å²) in [5.74, 6) is -7.24. The highest BCUT2D eigenvalue weighted by Crippen LogP contribution is 2.69. The van der Waals surface area contributed by atoms with Crippen molar-refractivity contribution in [2.24, 2.45) is 76.9 Å². The van der Waals surface area contributed by atoms with E-state index in [2.05, 4.69) is 6.92 Å². The number of carboxylic acids is 1. The summed E-state index contributed by atoms with van der Waals surface area (Å²) in [6.45, 7) is 14.4. The Kier molecular flexibility index (Phi) is 16.6. The summed E-state index contributed by atoms with van der Waals surface area (Å²) in [5.41, 5.74) is -1.43. The topological polar surface area (TPSA) is 154 Å². The number of aliphatic carboxylic acids is 1. The molecule has 1 heterocycles. The highest BCUT2D eigenvalue weighted by molar-refractivity contribution is 5.96. The van der Waals surface area contributed by atoms with Gasteiger partial charge in [0.15, 0.2) is 0 Å². The second kappa shape index (κ2) is 16.7. The Bertz CT molecular complexity index is 1180. The molecule has 10 nitrogen and oxygen atoms in total. The number of carboxylic acid groups (broad SMARTS) is 1. The maximum atomic E-state index is 13.3. The van der Waals surface area contributed by atoms with Crippen LogP contribution in [0, 0.1) is 76.9 Å². The predicted molar refractivity (Wildman–Crippen MR) is 192 cm³/mol. The minimum absolute atomic E-state index is 0. The smallest absolute Gasteiger partial charge is 0.317 e. The maximum absolute atomic E-state index is 13.3. The van der Waals surface area contributed by atoms with Crippen molar-refractivity contribution in [1.29, 1.82) is 0 Å². The van der Waals surface area contributed by atoms with Crippen molar-refractivity contribution in [3.63, 3.8) is 0 Å². The zero-order valence-electron chi connectivity index (χ0n) is 26.6. The van der Waals surface area contributed by atoms with Crippen molar-refractivity contribution in [2.45, 2.75) is 143 Å². The fraction of sp³-hybridized carbons (Fsp3) is 0.872. The van der Waals surface area contributed by atoms with Gasteiger partial charge in [-0.3, -0.25) is 24.0 Å². The number of aliphatic hydroxyl groups excluding tert-OH is 1. The van der Waals surface area contributed by atoms with Gasteiger partial charge >= 0.3 is 29.8 Å². The van der Waals surface area contributed by atoms with E-state index in [-0.39, 0.29) is 104 Å². The summed E-state index contributed by atoms with van der Waals surface area (Å²) >= 11 is 0. The first-order valence-electron chi connectivity index (χ1n) is 15.9. The molecule has 0 amide bonds. The Morgan fingerprint density at radius 1 is 0.755 bits per heavy atom. The molecule has 0 spiro atoms. The third-order valence-electron chi connectivity index (χ3n) is 11.3. The molecule has 0 radical (unpaired) electrons. The first-order chi connectivity index (χ1) is 19.8. The van der Waals surface area contributed by atoms with Crippen LogP contribution in [0.1, 0.15) is 126 Å². The van der Waals surface area contributed by atoms with E-state index in [4.69, 9.17) is 14.2 Å². The van der Waals surface area contributed by atoms with Gasteiger partial charge in [0.2, 0.25) is 0 Å². The number of hydrogen-bond acceptors (Lipinski definition) is 9. The van der Waals surface area contributed by atoms with Gasteiger partial charge < -0.3 is 24.4 Å². The first-order valence-corrected chi connectivity index (χ1v) is 15.9. The molecular formula is C39H72O10. The first kappa shape index (κ1) is 48.6. The maximum Gasteiger partial charge on any atom is 0.317 e. The molecule has 14 atom stereocenters. The van der Waals surface area contributed by atoms with Crippen molar-refractivity contribution in [1.82, 2.24) is 0 Å². The van der Waals surface area contributed by atoms with Gasteiger partial charge in [-0.1, -0.05) is 58.4 Å². The van der Waals surface area contributed by atoms with Gasteiger partial charge in [-0.15, -0.1) is 0 Å². The lowest BCUT2D eigenvalue weighted by Gasteiger charge is -2.48. The molecule has 0 aromatic rings. The number of carbonyl (C=O) groups is 5. The van der Waals surface area contributed by atoms with Crippen LogP contribution in [-0.2, 0) is 38.2 Å². The zero-order chi connectivity index (χ0) is 31.9. The van der Waals surface area contributed by atoms with Gasteiger partial charge in [-0.05, 0) is 114 Å². The van der Waals surface area contributed by atoms with Crippen molar-refractivity contribution in [2.75, 3.05) is 0 Å². The molecule has 5 fully saturated rings. The summed E-state index contributed by atoms with van der Waals surface area (Å²) in [7, 11) is 0. The fourth-order valence-electron chi connectivity index (χ4n) is 10.2. The molecule has 4 aliphatic carbocycles.